The Balaban J connectivity index is 1.33. The zero-order chi connectivity index (χ0) is 20.1. The first-order valence-corrected chi connectivity index (χ1v) is 10.9. The zero-order valence-corrected chi connectivity index (χ0v) is 17.5. The Morgan fingerprint density at radius 2 is 1.90 bits per heavy atom. The van der Waals surface area contributed by atoms with E-state index < -0.39 is 0 Å². The van der Waals surface area contributed by atoms with E-state index in [1.54, 1.807) is 0 Å². The van der Waals surface area contributed by atoms with Crippen molar-refractivity contribution in [1.29, 1.82) is 0 Å². The van der Waals surface area contributed by atoms with Crippen LogP contribution >= 0.6 is 0 Å². The lowest BCUT2D eigenvalue weighted by Gasteiger charge is -2.35. The van der Waals surface area contributed by atoms with Crippen LogP contribution in [0.3, 0.4) is 0 Å². The Morgan fingerprint density at radius 3 is 2.69 bits per heavy atom. The average molecular weight is 396 g/mol. The minimum atomic E-state index is 0.301. The molecule has 6 heteroatoms. The molecule has 2 fully saturated rings. The summed E-state index contributed by atoms with van der Waals surface area (Å²) in [6.45, 7) is 7.76. The molecule has 0 N–H and O–H groups in total. The second kappa shape index (κ2) is 9.55. The molecule has 0 saturated carbocycles. The summed E-state index contributed by atoms with van der Waals surface area (Å²) in [5.41, 5.74) is 1.28. The molecule has 6 nitrogen and oxygen atoms in total. The van der Waals surface area contributed by atoms with Gasteiger partial charge in [0.1, 0.15) is 5.82 Å². The van der Waals surface area contributed by atoms with Gasteiger partial charge in [-0.1, -0.05) is 30.3 Å². The normalized spacial score (nSPS) is 21.4. The van der Waals surface area contributed by atoms with Gasteiger partial charge in [0.05, 0.1) is 0 Å². The summed E-state index contributed by atoms with van der Waals surface area (Å²) in [6, 6.07) is 10.5. The van der Waals surface area contributed by atoms with Crippen LogP contribution < -0.4 is 0 Å². The van der Waals surface area contributed by atoms with Crippen molar-refractivity contribution in [3.8, 4) is 0 Å². The molecule has 156 valence electrons. The highest BCUT2D eigenvalue weighted by atomic mass is 16.2. The van der Waals surface area contributed by atoms with E-state index in [0.29, 0.717) is 18.2 Å². The highest BCUT2D eigenvalue weighted by Gasteiger charge is 2.27. The third-order valence-corrected chi connectivity index (χ3v) is 6.32. The number of aromatic nitrogens is 2. The maximum atomic E-state index is 12.9. The summed E-state index contributed by atoms with van der Waals surface area (Å²) in [6.07, 6.45) is 6.76. The Kier molecular flexibility index (Phi) is 6.62. The van der Waals surface area contributed by atoms with Gasteiger partial charge in [0.15, 0.2) is 0 Å². The van der Waals surface area contributed by atoms with Gasteiger partial charge < -0.3 is 19.3 Å². The van der Waals surface area contributed by atoms with Gasteiger partial charge in [-0.15, -0.1) is 0 Å². The number of imidazole rings is 1. The second-order valence-electron chi connectivity index (χ2n) is 8.47. The van der Waals surface area contributed by atoms with E-state index in [0.717, 1.165) is 71.0 Å². The molecule has 1 unspecified atom stereocenters. The quantitative estimate of drug-likeness (QED) is 0.753. The van der Waals surface area contributed by atoms with Crippen molar-refractivity contribution >= 4 is 5.91 Å². The van der Waals surface area contributed by atoms with Crippen molar-refractivity contribution < 1.29 is 4.79 Å². The highest BCUT2D eigenvalue weighted by molar-refractivity contribution is 5.76. The van der Waals surface area contributed by atoms with E-state index in [9.17, 15) is 4.79 Å². The number of benzene rings is 1. The second-order valence-corrected chi connectivity index (χ2v) is 8.47. The van der Waals surface area contributed by atoms with Crippen molar-refractivity contribution in [2.45, 2.75) is 31.7 Å². The molecule has 0 radical (unpaired) electrons. The number of hydrogen-bond acceptors (Lipinski definition) is 4. The van der Waals surface area contributed by atoms with E-state index in [1.165, 1.54) is 5.56 Å². The topological polar surface area (TPSA) is 44.6 Å². The Hall–Kier alpha value is -2.18. The summed E-state index contributed by atoms with van der Waals surface area (Å²) < 4.78 is 2.25. The van der Waals surface area contributed by atoms with Gasteiger partial charge in [0.2, 0.25) is 5.91 Å². The monoisotopic (exact) mass is 395 g/mol. The molecule has 1 aromatic heterocycles. The number of nitrogens with zero attached hydrogens (tertiary/aromatic N) is 5. The Labute approximate surface area is 174 Å². The van der Waals surface area contributed by atoms with Crippen molar-refractivity contribution in [1.82, 2.24) is 24.3 Å². The molecular formula is C23H33N5O. The molecule has 1 aromatic carbocycles. The fourth-order valence-electron chi connectivity index (χ4n) is 4.49. The average Bonchev–Trinajstić information content (AvgIpc) is 3.22. The molecule has 29 heavy (non-hydrogen) atoms. The van der Waals surface area contributed by atoms with Crippen LogP contribution in [-0.2, 0) is 11.3 Å². The largest absolute Gasteiger partial charge is 0.342 e. The van der Waals surface area contributed by atoms with Crippen LogP contribution in [0, 0.1) is 0 Å². The van der Waals surface area contributed by atoms with Crippen LogP contribution in [0.15, 0.2) is 42.7 Å². The van der Waals surface area contributed by atoms with Gasteiger partial charge in [0.25, 0.3) is 0 Å². The summed E-state index contributed by atoms with van der Waals surface area (Å²) >= 11 is 0. The zero-order valence-electron chi connectivity index (χ0n) is 17.5. The lowest BCUT2D eigenvalue weighted by Crippen LogP contribution is -2.46. The number of amides is 1. The number of carbonyl (C=O) groups excluding carboxylic acids is 1. The van der Waals surface area contributed by atoms with Crippen LogP contribution in [0.4, 0.5) is 0 Å². The van der Waals surface area contributed by atoms with Gasteiger partial charge in [-0.05, 0) is 25.5 Å². The first kappa shape index (κ1) is 20.1. The highest BCUT2D eigenvalue weighted by Crippen LogP contribution is 2.26. The number of piperazine rings is 1. The fourth-order valence-corrected chi connectivity index (χ4v) is 4.49. The predicted molar refractivity (Wildman–Crippen MR) is 115 cm³/mol. The minimum Gasteiger partial charge on any atom is -0.342 e. The van der Waals surface area contributed by atoms with Crippen molar-refractivity contribution in [3.63, 3.8) is 0 Å². The van der Waals surface area contributed by atoms with Gasteiger partial charge in [0, 0.05) is 77.1 Å². The van der Waals surface area contributed by atoms with Crippen LogP contribution in [0.25, 0.3) is 0 Å². The van der Waals surface area contributed by atoms with Crippen LogP contribution in [0.2, 0.25) is 0 Å². The molecule has 3 heterocycles. The first-order chi connectivity index (χ1) is 14.2. The summed E-state index contributed by atoms with van der Waals surface area (Å²) in [4.78, 5) is 24.4. The van der Waals surface area contributed by atoms with Gasteiger partial charge in [-0.2, -0.15) is 0 Å². The molecule has 2 aliphatic heterocycles. The molecule has 0 aliphatic carbocycles. The number of hydrogen-bond donors (Lipinski definition) is 0. The van der Waals surface area contributed by atoms with Crippen molar-refractivity contribution in [2.75, 3.05) is 52.9 Å². The van der Waals surface area contributed by atoms with Crippen LogP contribution in [0.1, 0.15) is 36.6 Å². The van der Waals surface area contributed by atoms with E-state index in [4.69, 9.17) is 0 Å². The van der Waals surface area contributed by atoms with Gasteiger partial charge in [-0.3, -0.25) is 4.79 Å². The number of rotatable bonds is 6. The number of piperidine rings is 1. The SMILES string of the molecule is CN1CCN(CCC(=O)N2CCCC(c3nccn3Cc3ccccc3)C2)CC1. The standard InChI is InChI=1S/C23H33N5O/c1-25-14-16-26(17-15-25)12-9-22(29)27-11-5-8-21(19-27)23-24-10-13-28(23)18-20-6-3-2-4-7-20/h2-4,6-7,10,13,21H,5,8-9,11-12,14-19H2,1H3. The molecular weight excluding hydrogens is 362 g/mol. The van der Waals surface area contributed by atoms with E-state index in [-0.39, 0.29) is 0 Å². The summed E-state index contributed by atoms with van der Waals surface area (Å²) in [5, 5.41) is 0. The van der Waals surface area contributed by atoms with E-state index >= 15 is 0 Å². The smallest absolute Gasteiger partial charge is 0.223 e. The minimum absolute atomic E-state index is 0.301. The number of likely N-dealkylation sites (N-methyl/N-ethyl adjacent to an activating group) is 1. The maximum Gasteiger partial charge on any atom is 0.223 e. The molecule has 2 aromatic rings. The van der Waals surface area contributed by atoms with Crippen LogP contribution in [-0.4, -0.2) is 83.0 Å². The van der Waals surface area contributed by atoms with Gasteiger partial charge in [-0.25, -0.2) is 4.98 Å². The molecule has 4 rings (SSSR count). The molecule has 1 amide bonds. The summed E-state index contributed by atoms with van der Waals surface area (Å²) in [7, 11) is 2.16. The lowest BCUT2D eigenvalue weighted by atomic mass is 9.96. The third kappa shape index (κ3) is 5.25. The van der Waals surface area contributed by atoms with Crippen molar-refractivity contribution in [3.05, 3.63) is 54.1 Å². The fraction of sp³-hybridized carbons (Fsp3) is 0.565. The number of carbonyl (C=O) groups is 1. The lowest BCUT2D eigenvalue weighted by molar-refractivity contribution is -0.132. The summed E-state index contributed by atoms with van der Waals surface area (Å²) in [5.74, 6) is 1.75. The maximum absolute atomic E-state index is 12.9. The Bertz CT molecular complexity index is 782. The first-order valence-electron chi connectivity index (χ1n) is 10.9. The van der Waals surface area contributed by atoms with Crippen molar-refractivity contribution in [2.24, 2.45) is 0 Å². The predicted octanol–water partition coefficient (Wildman–Crippen LogP) is 2.27. The molecule has 1 atom stereocenters. The third-order valence-electron chi connectivity index (χ3n) is 6.32. The number of likely N-dealkylation sites (tertiary alicyclic amines) is 1. The van der Waals surface area contributed by atoms with E-state index in [1.807, 2.05) is 12.3 Å². The van der Waals surface area contributed by atoms with E-state index in [2.05, 4.69) is 61.8 Å². The van der Waals surface area contributed by atoms with Crippen LogP contribution in [0.5, 0.6) is 0 Å². The Morgan fingerprint density at radius 1 is 1.10 bits per heavy atom. The molecule has 2 aliphatic rings. The molecule has 2 saturated heterocycles. The molecule has 0 spiro atoms. The van der Waals surface area contributed by atoms with Gasteiger partial charge >= 0.3 is 0 Å². The molecule has 0 bridgehead atoms.